The number of hydrogen-bond donors (Lipinski definition) is 4. The second kappa shape index (κ2) is 11.3. The van der Waals surface area contributed by atoms with Crippen molar-refractivity contribution in [3.8, 4) is 0 Å². The standard InChI is InChI=1S/C21H31N5O4/c1-13(19(27)30-20(28)17(22)5-3-11-25-21(23)24)15-9-7-14(8-10-15)12-16-4-2-6-18(16)26-29/h7-10,13,16-17,29H,2-6,11-12,22H2,1H3,(H4,23,24,25)/t13?,16?,17-/m0/s1. The van der Waals surface area contributed by atoms with Crippen LogP contribution in [-0.2, 0) is 20.7 Å². The maximum atomic E-state index is 12.3. The molecule has 1 aliphatic carbocycles. The second-order valence-electron chi connectivity index (χ2n) is 7.64. The van der Waals surface area contributed by atoms with Crippen molar-refractivity contribution in [3.63, 3.8) is 0 Å². The Morgan fingerprint density at radius 2 is 1.93 bits per heavy atom. The van der Waals surface area contributed by atoms with E-state index in [4.69, 9.17) is 27.1 Å². The van der Waals surface area contributed by atoms with Gasteiger partial charge in [0.15, 0.2) is 5.96 Å². The zero-order valence-corrected chi connectivity index (χ0v) is 17.3. The van der Waals surface area contributed by atoms with E-state index in [0.29, 0.717) is 19.4 Å². The van der Waals surface area contributed by atoms with Gasteiger partial charge in [0.1, 0.15) is 6.04 Å². The first kappa shape index (κ1) is 23.3. The summed E-state index contributed by atoms with van der Waals surface area (Å²) in [4.78, 5) is 28.2. The van der Waals surface area contributed by atoms with Crippen LogP contribution in [0.1, 0.15) is 56.1 Å². The molecule has 2 rings (SSSR count). The molecule has 0 spiro atoms. The van der Waals surface area contributed by atoms with Crippen molar-refractivity contribution in [2.75, 3.05) is 6.54 Å². The minimum absolute atomic E-state index is 0.0219. The Morgan fingerprint density at radius 1 is 1.23 bits per heavy atom. The molecule has 3 atom stereocenters. The van der Waals surface area contributed by atoms with E-state index in [2.05, 4.69) is 10.1 Å². The van der Waals surface area contributed by atoms with E-state index in [1.54, 1.807) is 6.92 Å². The minimum Gasteiger partial charge on any atom is -0.411 e. The van der Waals surface area contributed by atoms with Crippen LogP contribution in [0.15, 0.2) is 34.4 Å². The third-order valence-electron chi connectivity index (χ3n) is 5.37. The number of guanidine groups is 1. The molecular formula is C21H31N5O4. The molecule has 1 aromatic carbocycles. The molecular weight excluding hydrogens is 386 g/mol. The fraction of sp³-hybridized carbons (Fsp3) is 0.524. The molecule has 1 fully saturated rings. The predicted octanol–water partition coefficient (Wildman–Crippen LogP) is 1.41. The topological polar surface area (TPSA) is 166 Å². The van der Waals surface area contributed by atoms with Gasteiger partial charge < -0.3 is 27.1 Å². The van der Waals surface area contributed by atoms with Gasteiger partial charge >= 0.3 is 11.9 Å². The van der Waals surface area contributed by atoms with E-state index in [0.717, 1.165) is 42.5 Å². The van der Waals surface area contributed by atoms with Crippen LogP contribution < -0.4 is 17.2 Å². The first-order valence-electron chi connectivity index (χ1n) is 10.2. The van der Waals surface area contributed by atoms with Crippen molar-refractivity contribution in [1.29, 1.82) is 0 Å². The van der Waals surface area contributed by atoms with Gasteiger partial charge in [-0.25, -0.2) is 4.79 Å². The van der Waals surface area contributed by atoms with Gasteiger partial charge in [-0.3, -0.25) is 9.79 Å². The molecule has 0 bridgehead atoms. The summed E-state index contributed by atoms with van der Waals surface area (Å²) in [5.41, 5.74) is 18.9. The Labute approximate surface area is 176 Å². The van der Waals surface area contributed by atoms with Crippen LogP contribution >= 0.6 is 0 Å². The quantitative estimate of drug-likeness (QED) is 0.0896. The largest absolute Gasteiger partial charge is 0.411 e. The molecule has 0 amide bonds. The average Bonchev–Trinajstić information content (AvgIpc) is 3.17. The fourth-order valence-electron chi connectivity index (χ4n) is 3.52. The number of aliphatic imine (C=N–C) groups is 1. The maximum absolute atomic E-state index is 12.3. The van der Waals surface area contributed by atoms with Gasteiger partial charge in [0.2, 0.25) is 0 Å². The first-order valence-corrected chi connectivity index (χ1v) is 10.2. The number of carbonyl (C=O) groups excluding carboxylic acids is 2. The summed E-state index contributed by atoms with van der Waals surface area (Å²) in [7, 11) is 0. The molecule has 0 radical (unpaired) electrons. The molecule has 9 heteroatoms. The average molecular weight is 418 g/mol. The number of hydrogen-bond acceptors (Lipinski definition) is 7. The summed E-state index contributed by atoms with van der Waals surface area (Å²) in [6.45, 7) is 2.04. The molecule has 0 saturated heterocycles. The Bertz CT molecular complexity index is 787. The van der Waals surface area contributed by atoms with Crippen LogP contribution in [0.2, 0.25) is 0 Å². The van der Waals surface area contributed by atoms with Crippen LogP contribution in [0.5, 0.6) is 0 Å². The molecule has 30 heavy (non-hydrogen) atoms. The molecule has 164 valence electrons. The first-order chi connectivity index (χ1) is 14.3. The zero-order valence-electron chi connectivity index (χ0n) is 17.3. The fourth-order valence-corrected chi connectivity index (χ4v) is 3.52. The van der Waals surface area contributed by atoms with E-state index in [-0.39, 0.29) is 11.9 Å². The second-order valence-corrected chi connectivity index (χ2v) is 7.64. The molecule has 0 aliphatic heterocycles. The minimum atomic E-state index is -0.911. The summed E-state index contributed by atoms with van der Waals surface area (Å²) < 4.78 is 4.94. The van der Waals surface area contributed by atoms with Gasteiger partial charge in [0.25, 0.3) is 0 Å². The lowest BCUT2D eigenvalue weighted by Crippen LogP contribution is -2.35. The van der Waals surface area contributed by atoms with Gasteiger partial charge in [-0.05, 0) is 56.6 Å². The molecule has 0 aromatic heterocycles. The summed E-state index contributed by atoms with van der Waals surface area (Å²) in [6.07, 6.45) is 4.50. The summed E-state index contributed by atoms with van der Waals surface area (Å²) in [5, 5.41) is 12.5. The lowest BCUT2D eigenvalue weighted by Gasteiger charge is -2.15. The van der Waals surface area contributed by atoms with Gasteiger partial charge in [0.05, 0.1) is 11.6 Å². The van der Waals surface area contributed by atoms with E-state index < -0.39 is 23.9 Å². The van der Waals surface area contributed by atoms with Crippen molar-refractivity contribution >= 4 is 23.6 Å². The van der Waals surface area contributed by atoms with Gasteiger partial charge in [-0.15, -0.1) is 0 Å². The van der Waals surface area contributed by atoms with E-state index in [1.807, 2.05) is 24.3 Å². The van der Waals surface area contributed by atoms with Crippen LogP contribution in [-0.4, -0.2) is 41.4 Å². The molecule has 0 heterocycles. The smallest absolute Gasteiger partial charge is 0.330 e. The Kier molecular flexibility index (Phi) is 8.79. The van der Waals surface area contributed by atoms with Gasteiger partial charge in [-0.1, -0.05) is 29.4 Å². The van der Waals surface area contributed by atoms with E-state index in [1.165, 1.54) is 0 Å². The molecule has 1 aliphatic rings. The Hall–Kier alpha value is -2.94. The number of nitrogens with zero attached hydrogens (tertiary/aromatic N) is 2. The van der Waals surface area contributed by atoms with Crippen molar-refractivity contribution in [3.05, 3.63) is 35.4 Å². The highest BCUT2D eigenvalue weighted by Crippen LogP contribution is 2.27. The molecule has 2 unspecified atom stereocenters. The zero-order chi connectivity index (χ0) is 22.1. The van der Waals surface area contributed by atoms with Crippen LogP contribution in [0.3, 0.4) is 0 Å². The van der Waals surface area contributed by atoms with Crippen LogP contribution in [0.25, 0.3) is 0 Å². The highest BCUT2D eigenvalue weighted by atomic mass is 16.6. The lowest BCUT2D eigenvalue weighted by atomic mass is 9.94. The third-order valence-corrected chi connectivity index (χ3v) is 5.37. The maximum Gasteiger partial charge on any atom is 0.330 e. The highest BCUT2D eigenvalue weighted by Gasteiger charge is 2.25. The number of carbonyl (C=O) groups is 2. The molecule has 7 N–H and O–H groups in total. The van der Waals surface area contributed by atoms with E-state index >= 15 is 0 Å². The number of oxime groups is 1. The normalized spacial score (nSPS) is 19.3. The van der Waals surface area contributed by atoms with Gasteiger partial charge in [0, 0.05) is 12.5 Å². The van der Waals surface area contributed by atoms with Crippen molar-refractivity contribution in [2.45, 2.75) is 57.4 Å². The van der Waals surface area contributed by atoms with Gasteiger partial charge in [-0.2, -0.15) is 0 Å². The molecule has 9 nitrogen and oxygen atoms in total. The molecule has 1 saturated carbocycles. The number of rotatable bonds is 9. The number of nitrogens with two attached hydrogens (primary N) is 3. The van der Waals surface area contributed by atoms with Crippen molar-refractivity contribution < 1.29 is 19.5 Å². The SMILES string of the molecule is CC(C(=O)OC(=O)[C@@H](N)CCCN=C(N)N)c1ccc(CC2CCCC2=NO)cc1. The lowest BCUT2D eigenvalue weighted by molar-refractivity contribution is -0.161. The summed E-state index contributed by atoms with van der Waals surface area (Å²) in [5.74, 6) is -1.76. The predicted molar refractivity (Wildman–Crippen MR) is 114 cm³/mol. The van der Waals surface area contributed by atoms with Crippen LogP contribution in [0.4, 0.5) is 0 Å². The number of esters is 2. The Balaban J connectivity index is 1.85. The van der Waals surface area contributed by atoms with Crippen LogP contribution in [0, 0.1) is 5.92 Å². The number of benzene rings is 1. The van der Waals surface area contributed by atoms with E-state index in [9.17, 15) is 9.59 Å². The monoisotopic (exact) mass is 417 g/mol. The Morgan fingerprint density at radius 3 is 2.57 bits per heavy atom. The van der Waals surface area contributed by atoms with Crippen molar-refractivity contribution in [1.82, 2.24) is 0 Å². The highest BCUT2D eigenvalue weighted by molar-refractivity contribution is 5.91. The molecule has 1 aromatic rings. The summed E-state index contributed by atoms with van der Waals surface area (Å²) in [6, 6.07) is 6.69. The van der Waals surface area contributed by atoms with Crippen molar-refractivity contribution in [2.24, 2.45) is 33.3 Å². The summed E-state index contributed by atoms with van der Waals surface area (Å²) >= 11 is 0. The number of ether oxygens (including phenoxy) is 1. The third kappa shape index (κ3) is 6.84.